The molecule has 0 aromatic heterocycles. The van der Waals surface area contributed by atoms with Gasteiger partial charge in [-0.1, -0.05) is 6.92 Å². The zero-order valence-electron chi connectivity index (χ0n) is 11.2. The van der Waals surface area contributed by atoms with Gasteiger partial charge in [0.05, 0.1) is 4.75 Å². The van der Waals surface area contributed by atoms with E-state index in [9.17, 15) is 8.42 Å². The van der Waals surface area contributed by atoms with E-state index in [1.807, 2.05) is 6.92 Å². The Kier molecular flexibility index (Phi) is 5.93. The van der Waals surface area contributed by atoms with Crippen LogP contribution < -0.4 is 5.32 Å². The first-order valence-electron chi connectivity index (χ1n) is 5.54. The lowest BCUT2D eigenvalue weighted by molar-refractivity contribution is 0.166. The molecule has 0 fully saturated rings. The van der Waals surface area contributed by atoms with Crippen molar-refractivity contribution in [1.29, 1.82) is 0 Å². The van der Waals surface area contributed by atoms with E-state index in [4.69, 9.17) is 4.74 Å². The van der Waals surface area contributed by atoms with E-state index in [-0.39, 0.29) is 12.0 Å². The predicted octanol–water partition coefficient (Wildman–Crippen LogP) is 1.07. The van der Waals surface area contributed by atoms with Crippen LogP contribution in [0.25, 0.3) is 0 Å². The van der Waals surface area contributed by atoms with Gasteiger partial charge in [0.1, 0.15) is 0 Å². The molecule has 1 N–H and O–H groups in total. The van der Waals surface area contributed by atoms with Crippen molar-refractivity contribution in [2.75, 3.05) is 27.0 Å². The van der Waals surface area contributed by atoms with Crippen LogP contribution in [0.15, 0.2) is 0 Å². The summed E-state index contributed by atoms with van der Waals surface area (Å²) in [5, 5.41) is 3.12. The molecule has 4 nitrogen and oxygen atoms in total. The lowest BCUT2D eigenvalue weighted by atomic mass is 9.89. The molecule has 0 rings (SSSR count). The Labute approximate surface area is 99.7 Å². The van der Waals surface area contributed by atoms with Crippen molar-refractivity contribution in [3.05, 3.63) is 0 Å². The van der Waals surface area contributed by atoms with Crippen molar-refractivity contribution in [2.24, 2.45) is 5.92 Å². The first kappa shape index (κ1) is 15.9. The van der Waals surface area contributed by atoms with Gasteiger partial charge in [0.2, 0.25) is 0 Å². The molecular formula is C11H25NO3S. The third-order valence-corrected chi connectivity index (χ3v) is 5.53. The van der Waals surface area contributed by atoms with E-state index in [1.165, 1.54) is 6.26 Å². The summed E-state index contributed by atoms with van der Waals surface area (Å²) in [6.45, 7) is 6.24. The summed E-state index contributed by atoms with van der Waals surface area (Å²) in [5.74, 6) is 0.245. The van der Waals surface area contributed by atoms with Crippen LogP contribution in [-0.2, 0) is 14.6 Å². The Balaban J connectivity index is 4.85. The molecule has 0 bridgehead atoms. The van der Waals surface area contributed by atoms with Crippen molar-refractivity contribution in [1.82, 2.24) is 5.32 Å². The number of methoxy groups -OCH3 is 1. The van der Waals surface area contributed by atoms with Crippen molar-refractivity contribution in [2.45, 2.75) is 38.0 Å². The molecular weight excluding hydrogens is 226 g/mol. The van der Waals surface area contributed by atoms with Crippen LogP contribution in [0.1, 0.15) is 27.2 Å². The molecule has 0 amide bonds. The second kappa shape index (κ2) is 5.98. The molecule has 0 spiro atoms. The zero-order chi connectivity index (χ0) is 13.0. The summed E-state index contributed by atoms with van der Waals surface area (Å²) in [6, 6.07) is -0.0716. The van der Waals surface area contributed by atoms with Crippen LogP contribution in [0, 0.1) is 5.92 Å². The maximum atomic E-state index is 11.8. The minimum Gasteiger partial charge on any atom is -0.385 e. The summed E-state index contributed by atoms with van der Waals surface area (Å²) in [4.78, 5) is 0. The summed E-state index contributed by atoms with van der Waals surface area (Å²) in [6.07, 6.45) is 2.14. The Morgan fingerprint density at radius 1 is 1.38 bits per heavy atom. The van der Waals surface area contributed by atoms with Crippen molar-refractivity contribution < 1.29 is 13.2 Å². The van der Waals surface area contributed by atoms with E-state index in [0.717, 1.165) is 6.42 Å². The van der Waals surface area contributed by atoms with E-state index < -0.39 is 14.6 Å². The number of sulfone groups is 1. The van der Waals surface area contributed by atoms with Crippen molar-refractivity contribution in [3.63, 3.8) is 0 Å². The van der Waals surface area contributed by atoms with Gasteiger partial charge in [-0.15, -0.1) is 0 Å². The molecule has 0 aliphatic carbocycles. The van der Waals surface area contributed by atoms with Crippen molar-refractivity contribution >= 4 is 9.84 Å². The SMILES string of the molecule is CNC(C(C)CCOC)C(C)(C)S(C)(=O)=O. The number of hydrogen-bond acceptors (Lipinski definition) is 4. The van der Waals surface area contributed by atoms with Gasteiger partial charge in [-0.2, -0.15) is 0 Å². The van der Waals surface area contributed by atoms with Gasteiger partial charge in [0, 0.05) is 26.0 Å². The molecule has 0 aliphatic rings. The highest BCUT2D eigenvalue weighted by molar-refractivity contribution is 7.92. The van der Waals surface area contributed by atoms with Gasteiger partial charge < -0.3 is 10.1 Å². The molecule has 98 valence electrons. The molecule has 2 atom stereocenters. The molecule has 0 radical (unpaired) electrons. The van der Waals surface area contributed by atoms with Crippen LogP contribution >= 0.6 is 0 Å². The second-order valence-corrected chi connectivity index (χ2v) is 7.50. The van der Waals surface area contributed by atoms with E-state index in [0.29, 0.717) is 6.61 Å². The summed E-state index contributed by atoms with van der Waals surface area (Å²) in [7, 11) is 0.375. The highest BCUT2D eigenvalue weighted by Crippen LogP contribution is 2.26. The highest BCUT2D eigenvalue weighted by Gasteiger charge is 2.40. The molecule has 0 aromatic rings. The highest BCUT2D eigenvalue weighted by atomic mass is 32.2. The minimum atomic E-state index is -3.09. The predicted molar refractivity (Wildman–Crippen MR) is 67.4 cm³/mol. The summed E-state index contributed by atoms with van der Waals surface area (Å²) < 4.78 is 27.8. The average molecular weight is 251 g/mol. The van der Waals surface area contributed by atoms with Crippen LogP contribution in [0.4, 0.5) is 0 Å². The minimum absolute atomic E-state index is 0.0716. The molecule has 2 unspecified atom stereocenters. The molecule has 0 heterocycles. The number of nitrogens with one attached hydrogen (secondary N) is 1. The van der Waals surface area contributed by atoms with Crippen LogP contribution in [0.3, 0.4) is 0 Å². The topological polar surface area (TPSA) is 55.4 Å². The molecule has 16 heavy (non-hydrogen) atoms. The van der Waals surface area contributed by atoms with E-state index in [1.54, 1.807) is 28.0 Å². The third kappa shape index (κ3) is 3.71. The zero-order valence-corrected chi connectivity index (χ0v) is 12.0. The van der Waals surface area contributed by atoms with Gasteiger partial charge >= 0.3 is 0 Å². The first-order valence-corrected chi connectivity index (χ1v) is 7.43. The Morgan fingerprint density at radius 3 is 2.19 bits per heavy atom. The maximum absolute atomic E-state index is 11.8. The first-order chi connectivity index (χ1) is 7.18. The Hall–Kier alpha value is -0.130. The second-order valence-electron chi connectivity index (χ2n) is 4.90. The molecule has 0 aromatic carbocycles. The third-order valence-electron chi connectivity index (χ3n) is 3.36. The van der Waals surface area contributed by atoms with Gasteiger partial charge in [-0.05, 0) is 33.2 Å². The smallest absolute Gasteiger partial charge is 0.154 e. The quantitative estimate of drug-likeness (QED) is 0.735. The largest absolute Gasteiger partial charge is 0.385 e. The monoisotopic (exact) mass is 251 g/mol. The van der Waals surface area contributed by atoms with E-state index >= 15 is 0 Å². The fourth-order valence-electron chi connectivity index (χ4n) is 2.02. The van der Waals surface area contributed by atoms with Gasteiger partial charge in [0.25, 0.3) is 0 Å². The normalized spacial score (nSPS) is 17.1. The number of rotatable bonds is 7. The Morgan fingerprint density at radius 2 is 1.88 bits per heavy atom. The van der Waals surface area contributed by atoms with Crippen LogP contribution in [0.2, 0.25) is 0 Å². The van der Waals surface area contributed by atoms with Crippen LogP contribution in [-0.4, -0.2) is 46.2 Å². The van der Waals surface area contributed by atoms with E-state index in [2.05, 4.69) is 5.32 Å². The molecule has 5 heteroatoms. The maximum Gasteiger partial charge on any atom is 0.154 e. The molecule has 0 saturated heterocycles. The number of hydrogen-bond donors (Lipinski definition) is 1. The molecule has 0 saturated carbocycles. The van der Waals surface area contributed by atoms with Gasteiger partial charge in [-0.25, -0.2) is 8.42 Å². The molecule has 0 aliphatic heterocycles. The lowest BCUT2D eigenvalue weighted by Gasteiger charge is -2.36. The summed E-state index contributed by atoms with van der Waals surface area (Å²) in [5.41, 5.74) is 0. The lowest BCUT2D eigenvalue weighted by Crippen LogP contribution is -2.53. The van der Waals surface area contributed by atoms with Crippen LogP contribution in [0.5, 0.6) is 0 Å². The number of ether oxygens (including phenoxy) is 1. The fourth-order valence-corrected chi connectivity index (χ4v) is 2.83. The fraction of sp³-hybridized carbons (Fsp3) is 1.00. The van der Waals surface area contributed by atoms with Gasteiger partial charge in [0.15, 0.2) is 9.84 Å². The standard InChI is InChI=1S/C11H25NO3S/c1-9(7-8-15-5)10(12-4)11(2,3)16(6,13)14/h9-10,12H,7-8H2,1-6H3. The van der Waals surface area contributed by atoms with Crippen molar-refractivity contribution in [3.8, 4) is 0 Å². The Bertz CT molecular complexity index is 298. The van der Waals surface area contributed by atoms with Gasteiger partial charge in [-0.3, -0.25) is 0 Å². The summed E-state index contributed by atoms with van der Waals surface area (Å²) >= 11 is 0. The average Bonchev–Trinajstić information content (AvgIpc) is 2.13.